The average Bonchev–Trinajstić information content (AvgIpc) is 3.40. The van der Waals surface area contributed by atoms with Crippen molar-refractivity contribution in [2.24, 2.45) is 11.8 Å². The molecule has 0 amide bonds. The Kier molecular flexibility index (Phi) is 5.27. The van der Waals surface area contributed by atoms with Crippen molar-refractivity contribution in [2.75, 3.05) is 0 Å². The van der Waals surface area contributed by atoms with Crippen LogP contribution in [-0.4, -0.2) is 40.7 Å². The highest BCUT2D eigenvalue weighted by Gasteiger charge is 2.23. The second kappa shape index (κ2) is 8.27. The summed E-state index contributed by atoms with van der Waals surface area (Å²) in [4.78, 5) is 39.3. The Bertz CT molecular complexity index is 1390. The smallest absolute Gasteiger partial charge is 0.439 e. The summed E-state index contributed by atoms with van der Waals surface area (Å²) in [7, 11) is 0. The molecule has 33 heavy (non-hydrogen) atoms. The number of hydrogen-bond acceptors (Lipinski definition) is 7. The zero-order valence-corrected chi connectivity index (χ0v) is 18.4. The highest BCUT2D eigenvalue weighted by molar-refractivity contribution is 5.93. The molecule has 4 aromatic rings. The van der Waals surface area contributed by atoms with Crippen molar-refractivity contribution in [1.29, 1.82) is 0 Å². The molecule has 0 saturated heterocycles. The van der Waals surface area contributed by atoms with Crippen LogP contribution in [0.15, 0.2) is 33.8 Å². The molecule has 0 aliphatic heterocycles. The van der Waals surface area contributed by atoms with Crippen molar-refractivity contribution >= 4 is 17.1 Å². The van der Waals surface area contributed by atoms with Crippen LogP contribution in [0.3, 0.4) is 0 Å². The van der Waals surface area contributed by atoms with Crippen LogP contribution in [0.4, 0.5) is 0 Å². The van der Waals surface area contributed by atoms with E-state index in [4.69, 9.17) is 0 Å². The van der Waals surface area contributed by atoms with Gasteiger partial charge in [-0.15, -0.1) is 0 Å². The first-order valence-electron chi connectivity index (χ1n) is 11.0. The van der Waals surface area contributed by atoms with Crippen LogP contribution < -0.4 is 5.76 Å². The summed E-state index contributed by atoms with van der Waals surface area (Å²) in [5.74, 6) is -0.200. The van der Waals surface area contributed by atoms with Gasteiger partial charge >= 0.3 is 11.7 Å². The first-order chi connectivity index (χ1) is 15.9. The molecule has 5 rings (SSSR count). The van der Waals surface area contributed by atoms with Gasteiger partial charge in [0, 0.05) is 12.1 Å². The van der Waals surface area contributed by atoms with Crippen LogP contribution in [0.1, 0.15) is 48.5 Å². The topological polar surface area (TPSA) is 140 Å². The third-order valence-corrected chi connectivity index (χ3v) is 6.31. The fraction of sp³-hybridized carbons (Fsp3) is 0.391. The van der Waals surface area contributed by atoms with Crippen LogP contribution in [0, 0.1) is 18.8 Å². The van der Waals surface area contributed by atoms with E-state index in [-0.39, 0.29) is 17.2 Å². The van der Waals surface area contributed by atoms with Gasteiger partial charge in [0.15, 0.2) is 5.65 Å². The summed E-state index contributed by atoms with van der Waals surface area (Å²) >= 11 is 0. The van der Waals surface area contributed by atoms with E-state index in [9.17, 15) is 14.7 Å². The van der Waals surface area contributed by atoms with E-state index in [2.05, 4.69) is 41.1 Å². The quantitative estimate of drug-likeness (QED) is 0.471. The number of benzene rings is 1. The molecule has 10 heteroatoms. The van der Waals surface area contributed by atoms with Crippen LogP contribution in [0.5, 0.6) is 0 Å². The van der Waals surface area contributed by atoms with Gasteiger partial charge < -0.3 is 9.67 Å². The predicted molar refractivity (Wildman–Crippen MR) is 120 cm³/mol. The molecule has 0 radical (unpaired) electrons. The highest BCUT2D eigenvalue weighted by atomic mass is 16.5. The number of carboxylic acid groups (broad SMARTS) is 1. The van der Waals surface area contributed by atoms with Crippen molar-refractivity contribution in [3.63, 3.8) is 0 Å². The van der Waals surface area contributed by atoms with Crippen molar-refractivity contribution in [3.8, 4) is 22.9 Å². The summed E-state index contributed by atoms with van der Waals surface area (Å²) in [5.41, 5.74) is 3.30. The number of aromatic nitrogens is 6. The first kappa shape index (κ1) is 21.0. The number of aromatic amines is 1. The molecule has 0 bridgehead atoms. The molecular weight excluding hydrogens is 424 g/mol. The minimum absolute atomic E-state index is 0.0880. The zero-order valence-electron chi connectivity index (χ0n) is 18.4. The molecule has 2 N–H and O–H groups in total. The van der Waals surface area contributed by atoms with Crippen LogP contribution in [0.2, 0.25) is 0 Å². The average molecular weight is 448 g/mol. The SMILES string of the molecule is Cc1cc(C(=O)O)cc(-c2nc(-c3noc(=O)[nH]3)nc3ncn(C[C@H]4CC[C@H](C)CC4)c23)c1. The summed E-state index contributed by atoms with van der Waals surface area (Å²) in [5, 5.41) is 13.3. The summed E-state index contributed by atoms with van der Waals surface area (Å²) < 4.78 is 6.68. The van der Waals surface area contributed by atoms with Gasteiger partial charge in [0.2, 0.25) is 11.6 Å². The minimum atomic E-state index is -1.02. The Morgan fingerprint density at radius 3 is 2.70 bits per heavy atom. The third-order valence-electron chi connectivity index (χ3n) is 6.31. The second-order valence-corrected chi connectivity index (χ2v) is 8.93. The molecule has 3 aromatic heterocycles. The minimum Gasteiger partial charge on any atom is -0.478 e. The normalized spacial score (nSPS) is 18.6. The summed E-state index contributed by atoms with van der Waals surface area (Å²) in [6.45, 7) is 4.92. The van der Waals surface area contributed by atoms with Crippen molar-refractivity contribution < 1.29 is 14.4 Å². The van der Waals surface area contributed by atoms with Gasteiger partial charge in [-0.1, -0.05) is 24.9 Å². The molecule has 1 aliphatic carbocycles. The fourth-order valence-electron chi connectivity index (χ4n) is 4.58. The van der Waals surface area contributed by atoms with Gasteiger partial charge in [0.1, 0.15) is 11.2 Å². The lowest BCUT2D eigenvalue weighted by molar-refractivity contribution is 0.0697. The lowest BCUT2D eigenvalue weighted by Gasteiger charge is -2.26. The fourth-order valence-corrected chi connectivity index (χ4v) is 4.58. The standard InChI is InChI=1S/C23H24N6O4/c1-12-3-5-14(6-4-12)10-29-11-24-19-18(29)17(15-7-13(2)8-16(9-15)22(30)31)25-20(26-19)21-27-23(32)33-28-21/h7-9,11-12,14H,3-6,10H2,1-2H3,(H,30,31)(H,27,28,32)/t12-,14-. The number of nitrogens with zero attached hydrogens (tertiary/aromatic N) is 5. The predicted octanol–water partition coefficient (Wildman–Crippen LogP) is 3.67. The molecule has 3 heterocycles. The van der Waals surface area contributed by atoms with Crippen LogP contribution >= 0.6 is 0 Å². The van der Waals surface area contributed by atoms with Crippen LogP contribution in [-0.2, 0) is 6.54 Å². The number of nitrogens with one attached hydrogen (secondary N) is 1. The highest BCUT2D eigenvalue weighted by Crippen LogP contribution is 2.33. The maximum Gasteiger partial charge on any atom is 0.439 e. The van der Waals surface area contributed by atoms with Crippen LogP contribution in [0.25, 0.3) is 34.1 Å². The molecule has 0 spiro atoms. The van der Waals surface area contributed by atoms with Gasteiger partial charge in [-0.2, -0.15) is 0 Å². The molecule has 0 unspecified atom stereocenters. The molecule has 10 nitrogen and oxygen atoms in total. The number of carbonyl (C=O) groups is 1. The molecular formula is C23H24N6O4. The largest absolute Gasteiger partial charge is 0.478 e. The number of imidazole rings is 1. The van der Waals surface area contributed by atoms with Gasteiger partial charge in [-0.3, -0.25) is 9.51 Å². The number of aromatic carboxylic acids is 1. The van der Waals surface area contributed by atoms with Gasteiger partial charge in [-0.05, 0) is 55.4 Å². The van der Waals surface area contributed by atoms with Gasteiger partial charge in [0.05, 0.1) is 11.9 Å². The van der Waals surface area contributed by atoms with E-state index in [1.165, 1.54) is 12.8 Å². The molecule has 1 aliphatic rings. The molecule has 170 valence electrons. The van der Waals surface area contributed by atoms with Gasteiger partial charge in [-0.25, -0.2) is 24.5 Å². The Balaban J connectivity index is 1.67. The van der Waals surface area contributed by atoms with E-state index >= 15 is 0 Å². The Labute approximate surface area is 188 Å². The Morgan fingerprint density at radius 1 is 1.21 bits per heavy atom. The molecule has 1 saturated carbocycles. The van der Waals surface area contributed by atoms with E-state index < -0.39 is 11.7 Å². The number of carboxylic acids is 1. The number of aryl methyl sites for hydroxylation is 1. The molecule has 1 fully saturated rings. The monoisotopic (exact) mass is 448 g/mol. The number of fused-ring (bicyclic) bond motifs is 1. The Morgan fingerprint density at radius 2 is 2.00 bits per heavy atom. The molecule has 0 atom stereocenters. The lowest BCUT2D eigenvalue weighted by atomic mass is 9.83. The second-order valence-electron chi connectivity index (χ2n) is 8.93. The van der Waals surface area contributed by atoms with Gasteiger partial charge in [0.25, 0.3) is 0 Å². The van der Waals surface area contributed by atoms with Crippen molar-refractivity contribution in [3.05, 3.63) is 46.2 Å². The van der Waals surface area contributed by atoms with Crippen molar-refractivity contribution in [2.45, 2.75) is 46.1 Å². The van der Waals surface area contributed by atoms with E-state index in [0.29, 0.717) is 22.8 Å². The van der Waals surface area contributed by atoms with Crippen molar-refractivity contribution in [1.82, 2.24) is 29.7 Å². The van der Waals surface area contributed by atoms with E-state index in [0.717, 1.165) is 36.4 Å². The maximum atomic E-state index is 11.7. The van der Waals surface area contributed by atoms with E-state index in [1.54, 1.807) is 18.5 Å². The molecule has 1 aromatic carbocycles. The lowest BCUT2D eigenvalue weighted by Crippen LogP contribution is -2.17. The maximum absolute atomic E-state index is 11.7. The summed E-state index contributed by atoms with van der Waals surface area (Å²) in [6.07, 6.45) is 6.49. The number of H-pyrrole nitrogens is 1. The number of hydrogen-bond donors (Lipinski definition) is 2. The van der Waals surface area contributed by atoms with E-state index in [1.807, 2.05) is 13.0 Å². The summed E-state index contributed by atoms with van der Waals surface area (Å²) in [6, 6.07) is 5.08. The first-order valence-corrected chi connectivity index (χ1v) is 11.0. The number of rotatable bonds is 5. The zero-order chi connectivity index (χ0) is 23.1. The third kappa shape index (κ3) is 4.15. The Hall–Kier alpha value is -3.82.